The molecule has 0 aliphatic heterocycles. The van der Waals surface area contributed by atoms with Crippen molar-refractivity contribution in [3.63, 3.8) is 0 Å². The van der Waals surface area contributed by atoms with Crippen molar-refractivity contribution >= 4 is 22.4 Å². The number of aryl methyl sites for hydroxylation is 3. The second-order valence-electron chi connectivity index (χ2n) is 5.89. The van der Waals surface area contributed by atoms with Crippen molar-refractivity contribution in [3.05, 3.63) is 64.5 Å². The van der Waals surface area contributed by atoms with Crippen LogP contribution in [0.4, 0.5) is 5.13 Å². The predicted octanol–water partition coefficient (Wildman–Crippen LogP) is 4.75. The summed E-state index contributed by atoms with van der Waals surface area (Å²) >= 11 is 1.47. The highest BCUT2D eigenvalue weighted by Crippen LogP contribution is 2.30. The Morgan fingerprint density at radius 2 is 1.80 bits per heavy atom. The van der Waals surface area contributed by atoms with Gasteiger partial charge in [-0.05, 0) is 32.4 Å². The Morgan fingerprint density at radius 3 is 2.52 bits per heavy atom. The first-order chi connectivity index (χ1) is 12.0. The first-order valence-corrected chi connectivity index (χ1v) is 8.87. The molecule has 128 valence electrons. The quantitative estimate of drug-likeness (QED) is 0.721. The maximum atomic E-state index is 12.1. The molecule has 1 N–H and O–H groups in total. The number of rotatable bonds is 5. The molecule has 0 aliphatic carbocycles. The van der Waals surface area contributed by atoms with Crippen LogP contribution in [0.2, 0.25) is 0 Å². The van der Waals surface area contributed by atoms with Crippen LogP contribution in [0.1, 0.15) is 16.0 Å². The average molecular weight is 352 g/mol. The fourth-order valence-corrected chi connectivity index (χ4v) is 3.30. The van der Waals surface area contributed by atoms with E-state index < -0.39 is 0 Å². The van der Waals surface area contributed by atoms with E-state index in [2.05, 4.69) is 29.4 Å². The lowest BCUT2D eigenvalue weighted by Gasteiger charge is -2.08. The molecule has 0 unspecified atom stereocenters. The van der Waals surface area contributed by atoms with Crippen LogP contribution in [0.15, 0.2) is 48.5 Å². The summed E-state index contributed by atoms with van der Waals surface area (Å²) in [6, 6.07) is 15.8. The van der Waals surface area contributed by atoms with Gasteiger partial charge in [-0.15, -0.1) is 11.3 Å². The maximum absolute atomic E-state index is 12.1. The number of para-hydroxylation sites is 1. The molecule has 3 aromatic rings. The van der Waals surface area contributed by atoms with E-state index in [0.717, 1.165) is 21.7 Å². The van der Waals surface area contributed by atoms with Gasteiger partial charge in [-0.25, -0.2) is 4.98 Å². The Labute approximate surface area is 151 Å². The molecule has 0 fully saturated rings. The van der Waals surface area contributed by atoms with E-state index in [-0.39, 0.29) is 12.5 Å². The third-order valence-corrected chi connectivity index (χ3v) is 4.71. The normalized spacial score (nSPS) is 10.5. The molecule has 4 nitrogen and oxygen atoms in total. The number of amides is 1. The maximum Gasteiger partial charge on any atom is 0.264 e. The largest absolute Gasteiger partial charge is 0.483 e. The zero-order chi connectivity index (χ0) is 17.8. The summed E-state index contributed by atoms with van der Waals surface area (Å²) in [6.07, 6.45) is 0. The zero-order valence-corrected chi connectivity index (χ0v) is 15.3. The summed E-state index contributed by atoms with van der Waals surface area (Å²) in [7, 11) is 0. The fourth-order valence-electron chi connectivity index (χ4n) is 2.45. The van der Waals surface area contributed by atoms with Gasteiger partial charge in [0.1, 0.15) is 5.75 Å². The second kappa shape index (κ2) is 7.49. The number of thiazole rings is 1. The molecule has 5 heteroatoms. The van der Waals surface area contributed by atoms with Gasteiger partial charge < -0.3 is 4.74 Å². The zero-order valence-electron chi connectivity index (χ0n) is 14.5. The number of ether oxygens (including phenoxy) is 1. The molecule has 1 heterocycles. The van der Waals surface area contributed by atoms with Crippen molar-refractivity contribution in [2.24, 2.45) is 0 Å². The van der Waals surface area contributed by atoms with Crippen LogP contribution < -0.4 is 10.1 Å². The molecule has 0 aliphatic rings. The Kier molecular flexibility index (Phi) is 5.14. The van der Waals surface area contributed by atoms with Gasteiger partial charge in [-0.3, -0.25) is 10.1 Å². The van der Waals surface area contributed by atoms with Crippen LogP contribution in [0.3, 0.4) is 0 Å². The molecule has 2 aromatic carbocycles. The van der Waals surface area contributed by atoms with E-state index >= 15 is 0 Å². The highest BCUT2D eigenvalue weighted by Gasteiger charge is 2.12. The first kappa shape index (κ1) is 17.2. The third-order valence-electron chi connectivity index (χ3n) is 3.82. The SMILES string of the molecule is Cc1ccc(-c2nc(NC(=O)COc3ccccc3C)sc2C)cc1. The van der Waals surface area contributed by atoms with E-state index in [9.17, 15) is 4.79 Å². The number of aromatic nitrogens is 1. The minimum atomic E-state index is -0.215. The summed E-state index contributed by atoms with van der Waals surface area (Å²) in [5.74, 6) is 0.501. The summed E-state index contributed by atoms with van der Waals surface area (Å²) in [5, 5.41) is 3.41. The van der Waals surface area contributed by atoms with Gasteiger partial charge in [0.2, 0.25) is 0 Å². The third kappa shape index (κ3) is 4.25. The molecule has 0 bridgehead atoms. The Balaban J connectivity index is 1.65. The van der Waals surface area contributed by atoms with Crippen LogP contribution >= 0.6 is 11.3 Å². The van der Waals surface area contributed by atoms with E-state index in [0.29, 0.717) is 10.9 Å². The van der Waals surface area contributed by atoms with Crippen LogP contribution in [-0.2, 0) is 4.79 Å². The number of benzene rings is 2. The lowest BCUT2D eigenvalue weighted by Crippen LogP contribution is -2.20. The molecular weight excluding hydrogens is 332 g/mol. The van der Waals surface area contributed by atoms with Crippen molar-refractivity contribution in [1.82, 2.24) is 4.98 Å². The van der Waals surface area contributed by atoms with E-state index in [1.165, 1.54) is 16.9 Å². The van der Waals surface area contributed by atoms with E-state index in [4.69, 9.17) is 4.74 Å². The lowest BCUT2D eigenvalue weighted by atomic mass is 10.1. The second-order valence-corrected chi connectivity index (χ2v) is 7.10. The monoisotopic (exact) mass is 352 g/mol. The number of carbonyl (C=O) groups is 1. The molecule has 1 amide bonds. The minimum Gasteiger partial charge on any atom is -0.483 e. The van der Waals surface area contributed by atoms with Gasteiger partial charge in [0, 0.05) is 10.4 Å². The molecule has 25 heavy (non-hydrogen) atoms. The summed E-state index contributed by atoms with van der Waals surface area (Å²) < 4.78 is 5.57. The highest BCUT2D eigenvalue weighted by atomic mass is 32.1. The smallest absolute Gasteiger partial charge is 0.264 e. The topological polar surface area (TPSA) is 51.2 Å². The van der Waals surface area contributed by atoms with Crippen LogP contribution in [0.5, 0.6) is 5.75 Å². The fraction of sp³-hybridized carbons (Fsp3) is 0.200. The molecule has 1 aromatic heterocycles. The van der Waals surface area contributed by atoms with Gasteiger partial charge in [-0.1, -0.05) is 48.0 Å². The van der Waals surface area contributed by atoms with Gasteiger partial charge in [0.15, 0.2) is 11.7 Å². The number of nitrogens with one attached hydrogen (secondary N) is 1. The minimum absolute atomic E-state index is 0.0383. The highest BCUT2D eigenvalue weighted by molar-refractivity contribution is 7.16. The van der Waals surface area contributed by atoms with Gasteiger partial charge in [-0.2, -0.15) is 0 Å². The van der Waals surface area contributed by atoms with Crippen LogP contribution in [0, 0.1) is 20.8 Å². The average Bonchev–Trinajstić information content (AvgIpc) is 2.95. The number of anilines is 1. The molecular formula is C20H20N2O2S. The Bertz CT molecular complexity index is 885. The van der Waals surface area contributed by atoms with Crippen molar-refractivity contribution in [2.75, 3.05) is 11.9 Å². The van der Waals surface area contributed by atoms with Crippen molar-refractivity contribution in [2.45, 2.75) is 20.8 Å². The Morgan fingerprint density at radius 1 is 1.08 bits per heavy atom. The molecule has 3 rings (SSSR count). The van der Waals surface area contributed by atoms with Crippen LogP contribution in [-0.4, -0.2) is 17.5 Å². The van der Waals surface area contributed by atoms with E-state index in [1.54, 1.807) is 0 Å². The molecule has 0 saturated carbocycles. The number of carbonyl (C=O) groups excluding carboxylic acids is 1. The predicted molar refractivity (Wildman–Crippen MR) is 102 cm³/mol. The van der Waals surface area contributed by atoms with Gasteiger partial charge in [0.05, 0.1) is 5.69 Å². The lowest BCUT2D eigenvalue weighted by molar-refractivity contribution is -0.118. The number of nitrogens with zero attached hydrogens (tertiary/aromatic N) is 1. The molecule has 0 saturated heterocycles. The van der Waals surface area contributed by atoms with Crippen molar-refractivity contribution in [3.8, 4) is 17.0 Å². The standard InChI is InChI=1S/C20H20N2O2S/c1-13-8-10-16(11-9-13)19-15(3)25-20(22-19)21-18(23)12-24-17-7-5-4-6-14(17)2/h4-11H,12H2,1-3H3,(H,21,22,23). The van der Waals surface area contributed by atoms with Crippen LogP contribution in [0.25, 0.3) is 11.3 Å². The van der Waals surface area contributed by atoms with E-state index in [1.807, 2.05) is 50.2 Å². The van der Waals surface area contributed by atoms with Gasteiger partial charge in [0.25, 0.3) is 5.91 Å². The number of hydrogen-bond acceptors (Lipinski definition) is 4. The van der Waals surface area contributed by atoms with Gasteiger partial charge >= 0.3 is 0 Å². The van der Waals surface area contributed by atoms with Crippen molar-refractivity contribution in [1.29, 1.82) is 0 Å². The molecule has 0 atom stereocenters. The summed E-state index contributed by atoms with van der Waals surface area (Å²) in [5.41, 5.74) is 4.16. The summed E-state index contributed by atoms with van der Waals surface area (Å²) in [4.78, 5) is 17.8. The molecule has 0 spiro atoms. The van der Waals surface area contributed by atoms with Crippen molar-refractivity contribution < 1.29 is 9.53 Å². The molecule has 0 radical (unpaired) electrons. The summed E-state index contributed by atoms with van der Waals surface area (Å²) in [6.45, 7) is 5.97. The number of hydrogen-bond donors (Lipinski definition) is 1. The first-order valence-electron chi connectivity index (χ1n) is 8.05. The Hall–Kier alpha value is -2.66.